The first-order valence-electron chi connectivity index (χ1n) is 6.47. The van der Waals surface area contributed by atoms with E-state index >= 15 is 0 Å². The van der Waals surface area contributed by atoms with Crippen LogP contribution in [0.3, 0.4) is 0 Å². The molecular formula is C12H21N3O3. The molecule has 2 heterocycles. The predicted octanol–water partition coefficient (Wildman–Crippen LogP) is -0.946. The normalized spacial score (nSPS) is 29.6. The summed E-state index contributed by atoms with van der Waals surface area (Å²) in [6, 6.07) is 0.0896. The van der Waals surface area contributed by atoms with Crippen molar-refractivity contribution in [1.82, 2.24) is 15.1 Å². The zero-order chi connectivity index (χ0) is 13.1. The first-order chi connectivity index (χ1) is 8.58. The fraction of sp³-hybridized carbons (Fsp3) is 0.833. The van der Waals surface area contributed by atoms with E-state index in [1.807, 2.05) is 18.7 Å². The third-order valence-corrected chi connectivity index (χ3v) is 3.44. The van der Waals surface area contributed by atoms with Crippen LogP contribution in [0.4, 0.5) is 0 Å². The van der Waals surface area contributed by atoms with Gasteiger partial charge in [0, 0.05) is 19.6 Å². The van der Waals surface area contributed by atoms with Crippen molar-refractivity contribution in [3.05, 3.63) is 0 Å². The summed E-state index contributed by atoms with van der Waals surface area (Å²) >= 11 is 0. The maximum atomic E-state index is 12.2. The van der Waals surface area contributed by atoms with Crippen LogP contribution >= 0.6 is 0 Å². The molecule has 0 aliphatic carbocycles. The van der Waals surface area contributed by atoms with Gasteiger partial charge in [0.15, 0.2) is 0 Å². The largest absolute Gasteiger partial charge is 0.375 e. The zero-order valence-corrected chi connectivity index (χ0v) is 11.0. The van der Waals surface area contributed by atoms with Crippen LogP contribution in [-0.4, -0.2) is 73.1 Å². The van der Waals surface area contributed by atoms with Crippen LogP contribution in [0.25, 0.3) is 0 Å². The first-order valence-corrected chi connectivity index (χ1v) is 6.47. The minimum Gasteiger partial charge on any atom is -0.375 e. The quantitative estimate of drug-likeness (QED) is 0.691. The van der Waals surface area contributed by atoms with Crippen molar-refractivity contribution in [1.29, 1.82) is 0 Å². The van der Waals surface area contributed by atoms with Gasteiger partial charge in [-0.05, 0) is 13.8 Å². The van der Waals surface area contributed by atoms with Crippen molar-refractivity contribution >= 4 is 11.8 Å². The number of ether oxygens (including phenoxy) is 1. The van der Waals surface area contributed by atoms with E-state index in [0.29, 0.717) is 26.2 Å². The molecule has 2 fully saturated rings. The van der Waals surface area contributed by atoms with Crippen molar-refractivity contribution in [2.24, 2.45) is 0 Å². The van der Waals surface area contributed by atoms with Crippen LogP contribution in [0, 0.1) is 0 Å². The van der Waals surface area contributed by atoms with Gasteiger partial charge in [0.1, 0.15) is 0 Å². The van der Waals surface area contributed by atoms with Crippen molar-refractivity contribution in [3.63, 3.8) is 0 Å². The Kier molecular flexibility index (Phi) is 4.19. The molecule has 1 N–H and O–H groups in total. The van der Waals surface area contributed by atoms with Crippen LogP contribution in [0.1, 0.15) is 13.8 Å². The van der Waals surface area contributed by atoms with Crippen LogP contribution in [0.15, 0.2) is 0 Å². The maximum absolute atomic E-state index is 12.2. The summed E-state index contributed by atoms with van der Waals surface area (Å²) in [6.45, 7) is 7.01. The molecule has 6 heteroatoms. The molecule has 0 radical (unpaired) electrons. The van der Waals surface area contributed by atoms with E-state index in [9.17, 15) is 9.59 Å². The number of amides is 2. The third kappa shape index (κ3) is 3.00. The number of carbonyl (C=O) groups excluding carboxylic acids is 2. The summed E-state index contributed by atoms with van der Waals surface area (Å²) < 4.78 is 5.50. The topological polar surface area (TPSA) is 61.9 Å². The van der Waals surface area contributed by atoms with E-state index in [-0.39, 0.29) is 30.5 Å². The summed E-state index contributed by atoms with van der Waals surface area (Å²) in [7, 11) is 0. The number of hydrogen-bond donors (Lipinski definition) is 1. The van der Waals surface area contributed by atoms with Gasteiger partial charge in [-0.25, -0.2) is 0 Å². The Bertz CT molecular complexity index is 335. The fourth-order valence-electron chi connectivity index (χ4n) is 2.32. The Hall–Kier alpha value is -1.14. The van der Waals surface area contributed by atoms with Crippen molar-refractivity contribution in [2.75, 3.05) is 39.3 Å². The van der Waals surface area contributed by atoms with Gasteiger partial charge in [-0.15, -0.1) is 0 Å². The number of nitrogens with zero attached hydrogens (tertiary/aromatic N) is 2. The highest BCUT2D eigenvalue weighted by atomic mass is 16.5. The number of nitrogens with one attached hydrogen (secondary N) is 1. The predicted molar refractivity (Wildman–Crippen MR) is 66.0 cm³/mol. The van der Waals surface area contributed by atoms with Crippen LogP contribution in [-0.2, 0) is 14.3 Å². The summed E-state index contributed by atoms with van der Waals surface area (Å²) in [6.07, 6.45) is 0.0730. The molecule has 102 valence electrons. The Morgan fingerprint density at radius 3 is 3.00 bits per heavy atom. The van der Waals surface area contributed by atoms with Crippen molar-refractivity contribution in [3.8, 4) is 0 Å². The third-order valence-electron chi connectivity index (χ3n) is 3.44. The van der Waals surface area contributed by atoms with E-state index in [2.05, 4.69) is 5.32 Å². The molecule has 0 aromatic rings. The SMILES string of the molecule is C[C@@H]1CO[C@@H](C)CN1C(=O)CN1CCNCC1=O. The average Bonchev–Trinajstić information content (AvgIpc) is 2.35. The maximum Gasteiger partial charge on any atom is 0.242 e. The molecule has 0 saturated carbocycles. The molecule has 0 aromatic carbocycles. The number of morpholine rings is 1. The summed E-state index contributed by atoms with van der Waals surface area (Å²) in [5.74, 6) is 0.0245. The highest BCUT2D eigenvalue weighted by molar-refractivity contribution is 5.86. The molecule has 2 aliphatic rings. The van der Waals surface area contributed by atoms with E-state index in [1.165, 1.54) is 0 Å². The lowest BCUT2D eigenvalue weighted by Crippen LogP contribution is -2.56. The lowest BCUT2D eigenvalue weighted by atomic mass is 10.2. The van der Waals surface area contributed by atoms with Crippen LogP contribution in [0.2, 0.25) is 0 Å². The molecule has 0 unspecified atom stereocenters. The Morgan fingerprint density at radius 1 is 1.50 bits per heavy atom. The van der Waals surface area contributed by atoms with Crippen LogP contribution in [0.5, 0.6) is 0 Å². The molecule has 0 bridgehead atoms. The van der Waals surface area contributed by atoms with Gasteiger partial charge in [-0.3, -0.25) is 9.59 Å². The Labute approximate surface area is 107 Å². The second kappa shape index (κ2) is 5.67. The molecule has 0 spiro atoms. The van der Waals surface area contributed by atoms with E-state index in [0.717, 1.165) is 6.54 Å². The van der Waals surface area contributed by atoms with Gasteiger partial charge in [-0.1, -0.05) is 0 Å². The second-order valence-corrected chi connectivity index (χ2v) is 5.03. The average molecular weight is 255 g/mol. The lowest BCUT2D eigenvalue weighted by Gasteiger charge is -2.38. The number of hydrogen-bond acceptors (Lipinski definition) is 4. The van der Waals surface area contributed by atoms with Crippen molar-refractivity contribution < 1.29 is 14.3 Å². The number of carbonyl (C=O) groups is 2. The molecule has 2 saturated heterocycles. The van der Waals surface area contributed by atoms with Gasteiger partial charge in [0.2, 0.25) is 11.8 Å². The minimum atomic E-state index is 0.00330. The monoisotopic (exact) mass is 255 g/mol. The first kappa shape index (κ1) is 13.3. The van der Waals surface area contributed by atoms with Gasteiger partial charge >= 0.3 is 0 Å². The zero-order valence-electron chi connectivity index (χ0n) is 11.0. The van der Waals surface area contributed by atoms with Gasteiger partial charge in [0.05, 0.1) is 31.8 Å². The molecule has 2 amide bonds. The van der Waals surface area contributed by atoms with E-state index < -0.39 is 0 Å². The van der Waals surface area contributed by atoms with E-state index in [1.54, 1.807) is 4.90 Å². The second-order valence-electron chi connectivity index (χ2n) is 5.03. The summed E-state index contributed by atoms with van der Waals surface area (Å²) in [5.41, 5.74) is 0. The standard InChI is InChI=1S/C12H21N3O3/c1-9-8-18-10(2)6-15(9)12(17)7-14-4-3-13-5-11(14)16/h9-10,13H,3-8H2,1-2H3/t9-,10+/m1/s1. The summed E-state index contributed by atoms with van der Waals surface area (Å²) in [4.78, 5) is 27.3. The summed E-state index contributed by atoms with van der Waals surface area (Å²) in [5, 5.41) is 3.00. The molecule has 18 heavy (non-hydrogen) atoms. The van der Waals surface area contributed by atoms with Crippen molar-refractivity contribution in [2.45, 2.75) is 26.0 Å². The van der Waals surface area contributed by atoms with E-state index in [4.69, 9.17) is 4.74 Å². The number of rotatable bonds is 2. The molecule has 2 aliphatic heterocycles. The minimum absolute atomic E-state index is 0.00330. The molecule has 0 aromatic heterocycles. The fourth-order valence-corrected chi connectivity index (χ4v) is 2.32. The Balaban J connectivity index is 1.91. The molecule has 2 rings (SSSR count). The highest BCUT2D eigenvalue weighted by Crippen LogP contribution is 2.12. The molecule has 6 nitrogen and oxygen atoms in total. The van der Waals surface area contributed by atoms with Gasteiger partial charge in [0.25, 0.3) is 0 Å². The molecular weight excluding hydrogens is 234 g/mol. The lowest BCUT2D eigenvalue weighted by molar-refractivity contribution is -0.148. The Morgan fingerprint density at radius 2 is 2.28 bits per heavy atom. The smallest absolute Gasteiger partial charge is 0.242 e. The highest BCUT2D eigenvalue weighted by Gasteiger charge is 2.29. The van der Waals surface area contributed by atoms with Gasteiger partial charge in [-0.2, -0.15) is 0 Å². The van der Waals surface area contributed by atoms with Crippen LogP contribution < -0.4 is 5.32 Å². The molecule has 2 atom stereocenters. The van der Waals surface area contributed by atoms with Gasteiger partial charge < -0.3 is 19.9 Å². The number of piperazine rings is 1.